The zero-order valence-corrected chi connectivity index (χ0v) is 16.2. The Morgan fingerprint density at radius 2 is 2.15 bits per heavy atom. The number of carbonyl (C=O) groups excluding carboxylic acids is 2. The molecule has 0 unspecified atom stereocenters. The van der Waals surface area contributed by atoms with E-state index in [2.05, 4.69) is 10.3 Å². The Labute approximate surface area is 156 Å². The van der Waals surface area contributed by atoms with Crippen molar-refractivity contribution in [2.24, 2.45) is 4.99 Å². The molecule has 1 atom stereocenters. The van der Waals surface area contributed by atoms with Crippen LogP contribution in [0.5, 0.6) is 5.75 Å². The number of amides is 2. The molecule has 0 radical (unpaired) electrons. The number of rotatable bonds is 7. The molecular weight excluding hydrogens is 352 g/mol. The number of likely N-dealkylation sites (N-methyl/N-ethyl adjacent to an activating group) is 1. The molecular formula is C18H24N4O3S. The van der Waals surface area contributed by atoms with Crippen LogP contribution in [0.15, 0.2) is 40.8 Å². The number of nitrogens with zero attached hydrogens (tertiary/aromatic N) is 3. The van der Waals surface area contributed by atoms with E-state index >= 15 is 0 Å². The quantitative estimate of drug-likeness (QED) is 0.795. The normalized spacial score (nSPS) is 12.9. The van der Waals surface area contributed by atoms with Gasteiger partial charge in [-0.25, -0.2) is 0 Å². The topological polar surface area (TPSA) is 75.9 Å². The summed E-state index contributed by atoms with van der Waals surface area (Å²) in [6.45, 7) is 3.11. The molecule has 2 amide bonds. The summed E-state index contributed by atoms with van der Waals surface area (Å²) in [6.07, 6.45) is 1.76. The number of hydrogen-bond donors (Lipinski definition) is 1. The van der Waals surface area contributed by atoms with Crippen molar-refractivity contribution in [2.45, 2.75) is 13.0 Å². The smallest absolute Gasteiger partial charge is 0.279 e. The van der Waals surface area contributed by atoms with E-state index in [1.807, 2.05) is 19.0 Å². The van der Waals surface area contributed by atoms with E-state index in [1.165, 1.54) is 11.3 Å². The predicted molar refractivity (Wildman–Crippen MR) is 101 cm³/mol. The summed E-state index contributed by atoms with van der Waals surface area (Å²) >= 11 is 1.31. The molecule has 0 saturated carbocycles. The average Bonchev–Trinajstić information content (AvgIpc) is 3.08. The van der Waals surface area contributed by atoms with Crippen molar-refractivity contribution in [1.29, 1.82) is 0 Å². The van der Waals surface area contributed by atoms with E-state index < -0.39 is 6.04 Å². The molecule has 0 spiro atoms. The standard InChI is InChI=1S/C18H24N4O3S/c1-13(16(23)19-8-9-21(2)3)22-10-11-26-18(22)20-17(24)14-6-5-7-15(12-14)25-4/h5-7,10-13H,8-9H2,1-4H3,(H,19,23)/t13-/m0/s1. The third kappa shape index (κ3) is 5.27. The summed E-state index contributed by atoms with van der Waals surface area (Å²) in [5, 5.41) is 4.70. The second kappa shape index (κ2) is 9.30. The molecule has 8 heteroatoms. The van der Waals surface area contributed by atoms with Crippen molar-refractivity contribution >= 4 is 23.2 Å². The fourth-order valence-corrected chi connectivity index (χ4v) is 3.03. The van der Waals surface area contributed by atoms with Crippen molar-refractivity contribution in [3.8, 4) is 5.75 Å². The number of carbonyl (C=O) groups is 2. The van der Waals surface area contributed by atoms with Gasteiger partial charge in [0, 0.05) is 30.2 Å². The lowest BCUT2D eigenvalue weighted by molar-refractivity contribution is -0.123. The van der Waals surface area contributed by atoms with Crippen LogP contribution in [-0.2, 0) is 4.79 Å². The van der Waals surface area contributed by atoms with Crippen LogP contribution in [0.3, 0.4) is 0 Å². The lowest BCUT2D eigenvalue weighted by Crippen LogP contribution is -2.37. The molecule has 1 aromatic heterocycles. The van der Waals surface area contributed by atoms with Crippen LogP contribution in [0, 0.1) is 0 Å². The van der Waals surface area contributed by atoms with E-state index in [9.17, 15) is 9.59 Å². The van der Waals surface area contributed by atoms with Gasteiger partial charge in [0.05, 0.1) is 7.11 Å². The molecule has 7 nitrogen and oxygen atoms in total. The van der Waals surface area contributed by atoms with Gasteiger partial charge in [0.1, 0.15) is 11.8 Å². The number of benzene rings is 1. The Hall–Kier alpha value is -2.45. The zero-order valence-electron chi connectivity index (χ0n) is 15.4. The number of hydrogen-bond acceptors (Lipinski definition) is 5. The molecule has 0 bridgehead atoms. The highest BCUT2D eigenvalue weighted by Gasteiger charge is 2.16. The first kappa shape index (κ1) is 19.9. The van der Waals surface area contributed by atoms with Gasteiger partial charge in [-0.1, -0.05) is 6.07 Å². The molecule has 1 aromatic carbocycles. The van der Waals surface area contributed by atoms with Gasteiger partial charge in [0.2, 0.25) is 5.91 Å². The van der Waals surface area contributed by atoms with Crippen molar-refractivity contribution in [2.75, 3.05) is 34.3 Å². The van der Waals surface area contributed by atoms with Gasteiger partial charge >= 0.3 is 0 Å². The Morgan fingerprint density at radius 3 is 2.85 bits per heavy atom. The van der Waals surface area contributed by atoms with Crippen molar-refractivity contribution in [1.82, 2.24) is 14.8 Å². The maximum atomic E-state index is 12.4. The molecule has 0 saturated heterocycles. The Bertz CT molecular complexity index is 826. The van der Waals surface area contributed by atoms with Gasteiger partial charge in [0.25, 0.3) is 5.91 Å². The van der Waals surface area contributed by atoms with E-state index in [-0.39, 0.29) is 11.8 Å². The summed E-state index contributed by atoms with van der Waals surface area (Å²) in [5.74, 6) is 0.111. The zero-order chi connectivity index (χ0) is 19.1. The molecule has 2 rings (SSSR count). The van der Waals surface area contributed by atoms with Crippen LogP contribution in [0.4, 0.5) is 0 Å². The van der Waals surface area contributed by atoms with Crippen molar-refractivity contribution in [3.05, 3.63) is 46.2 Å². The van der Waals surface area contributed by atoms with Crippen LogP contribution in [0.25, 0.3) is 0 Å². The van der Waals surface area contributed by atoms with Gasteiger partial charge in [0.15, 0.2) is 4.80 Å². The highest BCUT2D eigenvalue weighted by Crippen LogP contribution is 2.13. The number of aromatic nitrogens is 1. The first-order valence-corrected chi connectivity index (χ1v) is 9.11. The van der Waals surface area contributed by atoms with Crippen LogP contribution in [-0.4, -0.2) is 55.6 Å². The molecule has 26 heavy (non-hydrogen) atoms. The molecule has 0 aliphatic rings. The molecule has 0 fully saturated rings. The van der Waals surface area contributed by atoms with Crippen molar-refractivity contribution < 1.29 is 14.3 Å². The van der Waals surface area contributed by atoms with Gasteiger partial charge in [-0.3, -0.25) is 9.59 Å². The maximum absolute atomic E-state index is 12.4. The van der Waals surface area contributed by atoms with Crippen LogP contribution < -0.4 is 14.9 Å². The van der Waals surface area contributed by atoms with E-state index in [0.29, 0.717) is 22.7 Å². The summed E-state index contributed by atoms with van der Waals surface area (Å²) in [5.41, 5.74) is 0.437. The fourth-order valence-electron chi connectivity index (χ4n) is 2.24. The minimum Gasteiger partial charge on any atom is -0.497 e. The van der Waals surface area contributed by atoms with E-state index in [1.54, 1.807) is 54.4 Å². The number of thiazole rings is 1. The third-order valence-electron chi connectivity index (χ3n) is 3.78. The van der Waals surface area contributed by atoms with Gasteiger partial charge in [-0.2, -0.15) is 4.99 Å². The number of ether oxygens (including phenoxy) is 1. The van der Waals surface area contributed by atoms with Crippen molar-refractivity contribution in [3.63, 3.8) is 0 Å². The van der Waals surface area contributed by atoms with Crippen LogP contribution in [0.2, 0.25) is 0 Å². The summed E-state index contributed by atoms with van der Waals surface area (Å²) in [4.78, 5) is 31.4. The minimum atomic E-state index is -0.458. The Morgan fingerprint density at radius 1 is 1.38 bits per heavy atom. The summed E-state index contributed by atoms with van der Waals surface area (Å²) in [7, 11) is 5.44. The van der Waals surface area contributed by atoms with Gasteiger partial charge in [-0.05, 0) is 39.2 Å². The molecule has 1 heterocycles. The molecule has 2 aromatic rings. The van der Waals surface area contributed by atoms with Gasteiger partial charge in [-0.15, -0.1) is 11.3 Å². The number of methoxy groups -OCH3 is 1. The second-order valence-corrected chi connectivity index (χ2v) is 6.89. The van der Waals surface area contributed by atoms with E-state index in [0.717, 1.165) is 6.54 Å². The first-order chi connectivity index (χ1) is 12.4. The summed E-state index contributed by atoms with van der Waals surface area (Å²) in [6, 6.07) is 6.37. The lowest BCUT2D eigenvalue weighted by Gasteiger charge is -2.15. The van der Waals surface area contributed by atoms with Gasteiger partial charge < -0.3 is 19.5 Å². The van der Waals surface area contributed by atoms with E-state index in [4.69, 9.17) is 4.74 Å². The third-order valence-corrected chi connectivity index (χ3v) is 4.56. The Balaban J connectivity index is 2.16. The maximum Gasteiger partial charge on any atom is 0.279 e. The molecule has 0 aliphatic carbocycles. The molecule has 0 aliphatic heterocycles. The monoisotopic (exact) mass is 376 g/mol. The Kier molecular flexibility index (Phi) is 7.11. The summed E-state index contributed by atoms with van der Waals surface area (Å²) < 4.78 is 6.84. The van der Waals surface area contributed by atoms with Crippen LogP contribution in [0.1, 0.15) is 23.3 Å². The SMILES string of the molecule is COc1cccc(C(=O)N=c2sccn2[C@@H](C)C(=O)NCCN(C)C)c1. The van der Waals surface area contributed by atoms with Crippen LogP contribution >= 0.6 is 11.3 Å². The number of nitrogens with one attached hydrogen (secondary N) is 1. The largest absolute Gasteiger partial charge is 0.497 e. The fraction of sp³-hybridized carbons (Fsp3) is 0.389. The second-order valence-electron chi connectivity index (χ2n) is 6.01. The highest BCUT2D eigenvalue weighted by atomic mass is 32.1. The highest BCUT2D eigenvalue weighted by molar-refractivity contribution is 7.07. The average molecular weight is 376 g/mol. The first-order valence-electron chi connectivity index (χ1n) is 8.23. The molecule has 140 valence electrons. The minimum absolute atomic E-state index is 0.111. The lowest BCUT2D eigenvalue weighted by atomic mass is 10.2. The predicted octanol–water partition coefficient (Wildman–Crippen LogP) is 1.54. The molecule has 1 N–H and O–H groups in total.